The maximum Gasteiger partial charge on any atom is 0.347 e. The Morgan fingerprint density at radius 2 is 1.01 bits per heavy atom. The van der Waals surface area contributed by atoms with Gasteiger partial charge in [-0.2, -0.15) is 8.42 Å². The highest BCUT2D eigenvalue weighted by Gasteiger charge is 2.66. The van der Waals surface area contributed by atoms with Crippen molar-refractivity contribution < 1.29 is 113 Å². The van der Waals surface area contributed by atoms with Gasteiger partial charge in [-0.05, 0) is 216 Å². The molecule has 100 heavy (non-hydrogen) atoms. The Kier molecular flexibility index (Phi) is 24.4. The summed E-state index contributed by atoms with van der Waals surface area (Å²) in [6, 6.07) is 0. The zero-order valence-electron chi connectivity index (χ0n) is 59.5. The van der Waals surface area contributed by atoms with Crippen molar-refractivity contribution in [2.45, 2.75) is 236 Å². The molecule has 0 aromatic carbocycles. The standard InChI is InChI=1S/C19H26O6.C17H22O9S.C17H26O2.C14H20O3.C8H10O4/c1-11(2)18(22)24-9-16(20)23-10-17(21)25-19(3)14-5-12-4-13(7-14)8-15(19)6-12;1-9(2)17(20)24-6-5-23-13(18)3-4-14(19)25-15-10-7-11-12(8-10)27(21,22)26-16(11)15;1-10(2)16(18)19-17(11(3)4)14-6-12-5-13(8-14)9-15(17)7-12;1-9(2)12(15)17-14-6-10-3-11(7-14)5-13(16,4-10)8-14;1-5(2)7(9)12-6-3-4-11-8(6)10/h12-15H,1,4-10H2,2-3H3;10-12,15-16H,1,3-8H2,2H3;11-15H,1,5-9H2,2-4H3;10-11,16H,1,3-8H2,2H3;6H,1,3-4H2,2H3. The third-order valence-corrected chi connectivity index (χ3v) is 25.1. The van der Waals surface area contributed by atoms with E-state index < -0.39 is 111 Å². The first-order valence-corrected chi connectivity index (χ1v) is 37.2. The average molecular weight is 1420 g/mol. The van der Waals surface area contributed by atoms with Crippen LogP contribution in [0.15, 0.2) is 60.8 Å². The summed E-state index contributed by atoms with van der Waals surface area (Å²) in [7, 11) is -3.56. The molecule has 554 valence electrons. The minimum atomic E-state index is -3.56. The molecule has 0 amide bonds. The predicted octanol–water partition coefficient (Wildman–Crippen LogP) is 9.45. The lowest BCUT2D eigenvalue weighted by Gasteiger charge is -2.61. The molecular formula is C75H104O24S. The number of esters is 10. The van der Waals surface area contributed by atoms with Gasteiger partial charge in [0.2, 0.25) is 6.10 Å². The van der Waals surface area contributed by atoms with Crippen molar-refractivity contribution in [1.29, 1.82) is 0 Å². The van der Waals surface area contributed by atoms with Crippen molar-refractivity contribution in [3.8, 4) is 0 Å². The molecule has 0 aromatic rings. The second kappa shape index (κ2) is 31.5. The summed E-state index contributed by atoms with van der Waals surface area (Å²) in [6.45, 7) is 31.2. The van der Waals surface area contributed by atoms with Crippen molar-refractivity contribution >= 4 is 69.8 Å². The zero-order valence-corrected chi connectivity index (χ0v) is 60.3. The van der Waals surface area contributed by atoms with Gasteiger partial charge in [0, 0.05) is 52.5 Å². The summed E-state index contributed by atoms with van der Waals surface area (Å²) in [5.41, 5.74) is 0.106. The topological polar surface area (TPSA) is 327 Å². The maximum atomic E-state index is 12.2. The smallest absolute Gasteiger partial charge is 0.347 e. The Bertz CT molecular complexity index is 3290. The molecule has 1 N–H and O–H groups in total. The maximum absolute atomic E-state index is 12.2. The molecular weight excluding hydrogens is 1320 g/mol. The van der Waals surface area contributed by atoms with Crippen LogP contribution >= 0.6 is 0 Å². The number of carbonyl (C=O) groups is 10. The molecule has 16 rings (SSSR count). The van der Waals surface area contributed by atoms with Gasteiger partial charge in [-0.15, -0.1) is 0 Å². The van der Waals surface area contributed by atoms with Crippen LogP contribution < -0.4 is 0 Å². The Labute approximate surface area is 587 Å². The summed E-state index contributed by atoms with van der Waals surface area (Å²) >= 11 is 0. The normalized spacial score (nSPS) is 36.3. The molecule has 2 aliphatic heterocycles. The molecule has 8 unspecified atom stereocenters. The highest BCUT2D eigenvalue weighted by molar-refractivity contribution is 7.87. The van der Waals surface area contributed by atoms with Gasteiger partial charge in [0.25, 0.3) is 10.1 Å². The van der Waals surface area contributed by atoms with Crippen LogP contribution in [0.5, 0.6) is 0 Å². The number of rotatable bonds is 21. The van der Waals surface area contributed by atoms with Gasteiger partial charge < -0.3 is 52.5 Å². The number of fused-ring (bicyclic) bond motifs is 1. The fraction of sp³-hybridized carbons (Fsp3) is 0.733. The lowest BCUT2D eigenvalue weighted by molar-refractivity contribution is -0.221. The highest BCUT2D eigenvalue weighted by atomic mass is 32.2. The summed E-state index contributed by atoms with van der Waals surface area (Å²) in [5.74, 6) is 1.51. The van der Waals surface area contributed by atoms with Crippen LogP contribution in [0.4, 0.5) is 0 Å². The van der Waals surface area contributed by atoms with Crippen LogP contribution in [0.2, 0.25) is 0 Å². The van der Waals surface area contributed by atoms with Crippen molar-refractivity contribution in [1.82, 2.24) is 0 Å². The molecule has 14 saturated carbocycles. The van der Waals surface area contributed by atoms with Crippen molar-refractivity contribution in [2.24, 2.45) is 76.9 Å². The molecule has 14 bridgehead atoms. The Morgan fingerprint density at radius 1 is 0.530 bits per heavy atom. The van der Waals surface area contributed by atoms with E-state index in [-0.39, 0.29) is 72.2 Å². The fourth-order valence-corrected chi connectivity index (χ4v) is 21.6. The van der Waals surface area contributed by atoms with Gasteiger partial charge in [0.1, 0.15) is 42.2 Å². The molecule has 14 aliphatic carbocycles. The highest BCUT2D eigenvalue weighted by Crippen LogP contribution is 2.63. The summed E-state index contributed by atoms with van der Waals surface area (Å²) < 4.78 is 80.4. The minimum absolute atomic E-state index is 0.0128. The number of hydrogen-bond donors (Lipinski definition) is 1. The van der Waals surface area contributed by atoms with E-state index in [1.165, 1.54) is 65.7 Å². The molecule has 0 radical (unpaired) electrons. The van der Waals surface area contributed by atoms with Crippen molar-refractivity contribution in [3.05, 3.63) is 60.8 Å². The molecule has 24 nitrogen and oxygen atoms in total. The van der Waals surface area contributed by atoms with Crippen LogP contribution in [-0.4, -0.2) is 152 Å². The van der Waals surface area contributed by atoms with Crippen molar-refractivity contribution in [3.63, 3.8) is 0 Å². The minimum Gasteiger partial charge on any atom is -0.463 e. The monoisotopic (exact) mass is 1420 g/mol. The third kappa shape index (κ3) is 18.0. The summed E-state index contributed by atoms with van der Waals surface area (Å²) in [4.78, 5) is 115. The molecule has 0 aromatic heterocycles. The molecule has 25 heteroatoms. The Hall–Kier alpha value is -6.73. The summed E-state index contributed by atoms with van der Waals surface area (Å²) in [6.07, 6.45) is 17.2. The van der Waals surface area contributed by atoms with E-state index in [2.05, 4.69) is 56.2 Å². The van der Waals surface area contributed by atoms with Crippen LogP contribution in [0, 0.1) is 76.9 Å². The first kappa shape index (κ1) is 77.4. The molecule has 16 aliphatic rings. The quantitative estimate of drug-likeness (QED) is 0.0367. The molecule has 16 fully saturated rings. The van der Waals surface area contributed by atoms with Crippen LogP contribution in [0.25, 0.3) is 0 Å². The van der Waals surface area contributed by atoms with Gasteiger partial charge in [-0.1, -0.05) is 46.7 Å². The second-order valence-electron chi connectivity index (χ2n) is 31.7. The first-order chi connectivity index (χ1) is 46.9. The average Bonchev–Trinajstić information content (AvgIpc) is 1.11. The van der Waals surface area contributed by atoms with E-state index in [4.69, 9.17) is 42.1 Å². The van der Waals surface area contributed by atoms with E-state index in [0.717, 1.165) is 75.0 Å². The largest absolute Gasteiger partial charge is 0.463 e. The number of hydrogen-bond acceptors (Lipinski definition) is 24. The number of cyclic esters (lactones) is 1. The molecule has 2 saturated heterocycles. The molecule has 8 atom stereocenters. The Morgan fingerprint density at radius 3 is 1.51 bits per heavy atom. The second-order valence-corrected chi connectivity index (χ2v) is 33.5. The van der Waals surface area contributed by atoms with E-state index in [9.17, 15) is 61.5 Å². The van der Waals surface area contributed by atoms with E-state index >= 15 is 0 Å². The predicted molar refractivity (Wildman–Crippen MR) is 357 cm³/mol. The van der Waals surface area contributed by atoms with Gasteiger partial charge in [-0.3, -0.25) is 13.8 Å². The third-order valence-electron chi connectivity index (χ3n) is 23.3. The van der Waals surface area contributed by atoms with Crippen LogP contribution in [0.1, 0.15) is 190 Å². The lowest BCUT2D eigenvalue weighted by atomic mass is 9.47. The van der Waals surface area contributed by atoms with Gasteiger partial charge in [0.05, 0.1) is 30.3 Å². The fourth-order valence-electron chi connectivity index (χ4n) is 19.7. The van der Waals surface area contributed by atoms with E-state index in [1.54, 1.807) is 13.8 Å². The van der Waals surface area contributed by atoms with E-state index in [1.807, 2.05) is 6.92 Å². The van der Waals surface area contributed by atoms with Crippen LogP contribution in [0.3, 0.4) is 0 Å². The molecule has 0 spiro atoms. The van der Waals surface area contributed by atoms with Gasteiger partial charge >= 0.3 is 59.7 Å². The van der Waals surface area contributed by atoms with Crippen molar-refractivity contribution in [2.75, 3.05) is 33.0 Å². The van der Waals surface area contributed by atoms with E-state index in [0.29, 0.717) is 84.9 Å². The molecule has 2 heterocycles. The summed E-state index contributed by atoms with van der Waals surface area (Å²) in [5, 5.41) is 10.0. The number of aliphatic hydroxyl groups is 1. The Balaban J connectivity index is 0.000000149. The number of ether oxygens (including phenoxy) is 10. The SMILES string of the molecule is C=C(C)C(=O)OC1(C(C)C)C2CC3CC(C2)CC1C3.C=C(C)C(=O)OC12CC3CC(CC(O)(C3)C1)C2.C=C(C)C(=O)OC1CCOC1=O.C=C(C)C(=O)OCC(=O)OCC(=O)OC1(C)C2CC3CC(C2)CC1C3.C=C(C)C(=O)OCCOC(=O)CCC(=O)OC1C2CC3C1OS(=O)(=O)C3C2. The van der Waals surface area contributed by atoms with Gasteiger partial charge in [-0.25, -0.2) is 38.4 Å². The van der Waals surface area contributed by atoms with Crippen LogP contribution in [-0.2, 0) is 110 Å². The number of carbonyl (C=O) groups excluding carboxylic acids is 10. The lowest BCUT2D eigenvalue weighted by Crippen LogP contribution is -2.62. The van der Waals surface area contributed by atoms with Gasteiger partial charge in [0.15, 0.2) is 13.2 Å². The zero-order chi connectivity index (χ0) is 73.1. The first-order valence-electron chi connectivity index (χ1n) is 35.7.